The van der Waals surface area contributed by atoms with E-state index in [0.29, 0.717) is 22.2 Å². The second-order valence-electron chi connectivity index (χ2n) is 5.31. The number of hydrogen-bond acceptors (Lipinski definition) is 4. The Bertz CT molecular complexity index is 993. The van der Waals surface area contributed by atoms with Crippen LogP contribution in [0.1, 0.15) is 16.7 Å². The van der Waals surface area contributed by atoms with Gasteiger partial charge in [0.2, 0.25) is 0 Å². The van der Waals surface area contributed by atoms with Crippen LogP contribution in [0, 0.1) is 22.7 Å². The SMILES string of the molecule is N#Cc1ccc(O)c(Br)c1.N#Cc1ccc(OCc2ccccc2)c(Br)c1. The molecule has 27 heavy (non-hydrogen) atoms. The Morgan fingerprint density at radius 2 is 1.41 bits per heavy atom. The van der Waals surface area contributed by atoms with E-state index in [0.717, 1.165) is 15.8 Å². The lowest BCUT2D eigenvalue weighted by molar-refractivity contribution is 0.304. The topological polar surface area (TPSA) is 77.0 Å². The van der Waals surface area contributed by atoms with Gasteiger partial charge in [-0.3, -0.25) is 0 Å². The average Bonchev–Trinajstić information content (AvgIpc) is 2.70. The smallest absolute Gasteiger partial charge is 0.134 e. The summed E-state index contributed by atoms with van der Waals surface area (Å²) in [6.07, 6.45) is 0. The van der Waals surface area contributed by atoms with Gasteiger partial charge in [-0.05, 0) is 73.8 Å². The van der Waals surface area contributed by atoms with Crippen molar-refractivity contribution in [2.24, 2.45) is 0 Å². The van der Waals surface area contributed by atoms with Crippen molar-refractivity contribution >= 4 is 31.9 Å². The molecule has 1 N–H and O–H groups in total. The van der Waals surface area contributed by atoms with E-state index in [1.165, 1.54) is 6.07 Å². The lowest BCUT2D eigenvalue weighted by atomic mass is 10.2. The molecule has 0 aliphatic rings. The maximum atomic E-state index is 8.98. The fourth-order valence-electron chi connectivity index (χ4n) is 2.00. The molecule has 0 fully saturated rings. The number of nitriles is 2. The van der Waals surface area contributed by atoms with Gasteiger partial charge in [-0.25, -0.2) is 0 Å². The van der Waals surface area contributed by atoms with Crippen molar-refractivity contribution in [1.29, 1.82) is 10.5 Å². The number of phenolic OH excluding ortho intramolecular Hbond substituents is 1. The molecule has 0 saturated carbocycles. The van der Waals surface area contributed by atoms with Gasteiger partial charge in [-0.2, -0.15) is 10.5 Å². The molecule has 0 saturated heterocycles. The van der Waals surface area contributed by atoms with E-state index < -0.39 is 0 Å². The van der Waals surface area contributed by atoms with E-state index in [1.54, 1.807) is 30.3 Å². The minimum atomic E-state index is 0.152. The van der Waals surface area contributed by atoms with E-state index in [9.17, 15) is 0 Å². The lowest BCUT2D eigenvalue weighted by Crippen LogP contribution is -1.95. The molecule has 0 heterocycles. The van der Waals surface area contributed by atoms with Gasteiger partial charge in [0, 0.05) is 0 Å². The van der Waals surface area contributed by atoms with Gasteiger partial charge in [-0.1, -0.05) is 30.3 Å². The molecule has 0 aliphatic carbocycles. The summed E-state index contributed by atoms with van der Waals surface area (Å²) in [5.74, 6) is 0.895. The first-order chi connectivity index (χ1) is 13.0. The summed E-state index contributed by atoms with van der Waals surface area (Å²) in [6, 6.07) is 23.9. The summed E-state index contributed by atoms with van der Waals surface area (Å²) < 4.78 is 7.01. The van der Waals surface area contributed by atoms with Gasteiger partial charge in [0.05, 0.1) is 32.2 Å². The number of benzene rings is 3. The minimum Gasteiger partial charge on any atom is -0.507 e. The third kappa shape index (κ3) is 6.45. The lowest BCUT2D eigenvalue weighted by Gasteiger charge is -2.08. The molecule has 0 aromatic heterocycles. The van der Waals surface area contributed by atoms with Gasteiger partial charge in [0.25, 0.3) is 0 Å². The summed E-state index contributed by atoms with van der Waals surface area (Å²) in [7, 11) is 0. The third-order valence-corrected chi connectivity index (χ3v) is 4.63. The molecule has 4 nitrogen and oxygen atoms in total. The van der Waals surface area contributed by atoms with Gasteiger partial charge in [0.1, 0.15) is 18.1 Å². The minimum absolute atomic E-state index is 0.152. The molecule has 3 rings (SSSR count). The molecule has 3 aromatic rings. The Morgan fingerprint density at radius 3 is 1.96 bits per heavy atom. The predicted molar refractivity (Wildman–Crippen MR) is 110 cm³/mol. The Kier molecular flexibility index (Phi) is 7.88. The Balaban J connectivity index is 0.000000223. The first kappa shape index (κ1) is 20.5. The maximum absolute atomic E-state index is 8.98. The summed E-state index contributed by atoms with van der Waals surface area (Å²) in [6.45, 7) is 0.519. The number of hydrogen-bond donors (Lipinski definition) is 1. The van der Waals surface area contributed by atoms with Crippen molar-refractivity contribution in [2.75, 3.05) is 0 Å². The Hall–Kier alpha value is -2.80. The summed E-state index contributed by atoms with van der Waals surface area (Å²) in [5.41, 5.74) is 2.26. The molecular weight excluding hydrogens is 472 g/mol. The number of halogens is 2. The van der Waals surface area contributed by atoms with E-state index in [-0.39, 0.29) is 5.75 Å². The highest BCUT2D eigenvalue weighted by molar-refractivity contribution is 9.10. The Labute approximate surface area is 174 Å². The van der Waals surface area contributed by atoms with E-state index >= 15 is 0 Å². The molecule has 134 valence electrons. The molecule has 0 bridgehead atoms. The second kappa shape index (κ2) is 10.4. The zero-order valence-corrected chi connectivity index (χ0v) is 17.2. The molecule has 0 atom stereocenters. The van der Waals surface area contributed by atoms with Crippen molar-refractivity contribution in [3.63, 3.8) is 0 Å². The van der Waals surface area contributed by atoms with Gasteiger partial charge < -0.3 is 9.84 Å². The number of ether oxygens (including phenoxy) is 1. The zero-order valence-electron chi connectivity index (χ0n) is 14.1. The molecule has 6 heteroatoms. The van der Waals surface area contributed by atoms with Crippen LogP contribution in [0.25, 0.3) is 0 Å². The zero-order chi connectivity index (χ0) is 19.6. The van der Waals surface area contributed by atoms with Crippen LogP contribution in [-0.2, 0) is 6.61 Å². The second-order valence-corrected chi connectivity index (χ2v) is 7.02. The number of phenols is 1. The fourth-order valence-corrected chi connectivity index (χ4v) is 2.87. The first-order valence-electron chi connectivity index (χ1n) is 7.78. The summed E-state index contributed by atoms with van der Waals surface area (Å²) in [4.78, 5) is 0. The third-order valence-electron chi connectivity index (χ3n) is 3.37. The maximum Gasteiger partial charge on any atom is 0.134 e. The normalized spacial score (nSPS) is 9.33. The van der Waals surface area contributed by atoms with Gasteiger partial charge in [0.15, 0.2) is 0 Å². The average molecular weight is 486 g/mol. The van der Waals surface area contributed by atoms with Gasteiger partial charge in [-0.15, -0.1) is 0 Å². The van der Waals surface area contributed by atoms with Crippen LogP contribution in [0.2, 0.25) is 0 Å². The molecule has 3 aromatic carbocycles. The van der Waals surface area contributed by atoms with Crippen LogP contribution in [0.15, 0.2) is 75.7 Å². The monoisotopic (exact) mass is 484 g/mol. The summed E-state index contributed by atoms with van der Waals surface area (Å²) >= 11 is 6.47. The molecule has 0 aliphatic heterocycles. The quantitative estimate of drug-likeness (QED) is 0.499. The van der Waals surface area contributed by atoms with E-state index in [1.807, 2.05) is 36.4 Å². The highest BCUT2D eigenvalue weighted by Gasteiger charge is 2.02. The van der Waals surface area contributed by atoms with Crippen molar-refractivity contribution < 1.29 is 9.84 Å². The first-order valence-corrected chi connectivity index (χ1v) is 9.37. The largest absolute Gasteiger partial charge is 0.507 e. The predicted octanol–water partition coefficient (Wildman–Crippen LogP) is 5.93. The Morgan fingerprint density at radius 1 is 0.815 bits per heavy atom. The fraction of sp³-hybridized carbons (Fsp3) is 0.0476. The van der Waals surface area contributed by atoms with Crippen LogP contribution < -0.4 is 4.74 Å². The van der Waals surface area contributed by atoms with Crippen molar-refractivity contribution in [3.05, 3.63) is 92.4 Å². The van der Waals surface area contributed by atoms with Crippen LogP contribution >= 0.6 is 31.9 Å². The number of nitrogens with zero attached hydrogens (tertiary/aromatic N) is 2. The van der Waals surface area contributed by atoms with Crippen molar-refractivity contribution in [1.82, 2.24) is 0 Å². The van der Waals surface area contributed by atoms with Crippen LogP contribution in [0.4, 0.5) is 0 Å². The molecule has 0 radical (unpaired) electrons. The molecule has 0 spiro atoms. The van der Waals surface area contributed by atoms with Gasteiger partial charge >= 0.3 is 0 Å². The summed E-state index contributed by atoms with van der Waals surface area (Å²) in [5, 5.41) is 26.1. The standard InChI is InChI=1S/C14H10BrNO.C7H4BrNO/c15-13-8-12(9-16)6-7-14(13)17-10-11-4-2-1-3-5-11;8-6-3-5(4-9)1-2-7(6)10/h1-8H,10H2;1-3,10H. The van der Waals surface area contributed by atoms with E-state index in [2.05, 4.69) is 37.9 Å². The highest BCUT2D eigenvalue weighted by Crippen LogP contribution is 2.26. The van der Waals surface area contributed by atoms with Crippen molar-refractivity contribution in [2.45, 2.75) is 6.61 Å². The van der Waals surface area contributed by atoms with Crippen LogP contribution in [-0.4, -0.2) is 5.11 Å². The highest BCUT2D eigenvalue weighted by atomic mass is 79.9. The molecule has 0 unspecified atom stereocenters. The van der Waals surface area contributed by atoms with Crippen LogP contribution in [0.5, 0.6) is 11.5 Å². The van der Waals surface area contributed by atoms with Crippen molar-refractivity contribution in [3.8, 4) is 23.6 Å². The van der Waals surface area contributed by atoms with Crippen LogP contribution in [0.3, 0.4) is 0 Å². The molecule has 0 amide bonds. The number of aromatic hydroxyl groups is 1. The number of rotatable bonds is 3. The molecular formula is C21H14Br2N2O2. The van der Waals surface area contributed by atoms with E-state index in [4.69, 9.17) is 20.4 Å².